The van der Waals surface area contributed by atoms with Crippen molar-refractivity contribution in [3.8, 4) is 11.5 Å². The van der Waals surface area contributed by atoms with Crippen LogP contribution in [0.2, 0.25) is 0 Å². The van der Waals surface area contributed by atoms with Crippen LogP contribution >= 0.6 is 0 Å². The zero-order chi connectivity index (χ0) is 35.9. The molecule has 0 saturated carbocycles. The summed E-state index contributed by atoms with van der Waals surface area (Å²) >= 11 is 0. The average Bonchev–Trinajstić information content (AvgIpc) is 3.72. The lowest BCUT2D eigenvalue weighted by Gasteiger charge is -2.28. The first-order chi connectivity index (χ1) is 23.0. The smallest absolute Gasteiger partial charge is 0.410 e. The number of hydrogen-bond acceptors (Lipinski definition) is 9. The lowest BCUT2D eigenvalue weighted by molar-refractivity contribution is -0.125. The Morgan fingerprint density at radius 2 is 1.12 bits per heavy atom. The molecule has 2 fully saturated rings. The molecule has 0 spiro atoms. The summed E-state index contributed by atoms with van der Waals surface area (Å²) in [6.45, 7) is 10.9. The molecule has 2 aromatic rings. The highest BCUT2D eigenvalue weighted by Crippen LogP contribution is 2.25. The maximum Gasteiger partial charge on any atom is 0.410 e. The number of ketones is 2. The van der Waals surface area contributed by atoms with E-state index in [2.05, 4.69) is 10.6 Å². The first-order valence-electron chi connectivity index (χ1n) is 16.5. The Labute approximate surface area is 286 Å². The lowest BCUT2D eigenvalue weighted by atomic mass is 10.1. The van der Waals surface area contributed by atoms with E-state index in [9.17, 15) is 28.8 Å². The number of benzene rings is 2. The van der Waals surface area contributed by atoms with Crippen LogP contribution in [0.4, 0.5) is 9.59 Å². The molecule has 2 saturated heterocycles. The summed E-state index contributed by atoms with van der Waals surface area (Å²) in [5.41, 5.74) is -0.693. The van der Waals surface area contributed by atoms with Crippen molar-refractivity contribution in [2.75, 3.05) is 26.2 Å². The van der Waals surface area contributed by atoms with Gasteiger partial charge in [-0.25, -0.2) is 9.59 Å². The summed E-state index contributed by atoms with van der Waals surface area (Å²) in [7, 11) is 0. The van der Waals surface area contributed by atoms with Gasteiger partial charge >= 0.3 is 12.2 Å². The van der Waals surface area contributed by atoms with Crippen LogP contribution in [0, 0.1) is 0 Å². The van der Waals surface area contributed by atoms with Gasteiger partial charge in [0, 0.05) is 24.2 Å². The molecule has 0 radical (unpaired) electrons. The second-order valence-corrected chi connectivity index (χ2v) is 14.1. The van der Waals surface area contributed by atoms with Gasteiger partial charge < -0.3 is 24.8 Å². The van der Waals surface area contributed by atoms with Gasteiger partial charge in [0.05, 0.1) is 13.1 Å². The maximum absolute atomic E-state index is 12.9. The zero-order valence-corrected chi connectivity index (χ0v) is 29.0. The van der Waals surface area contributed by atoms with Gasteiger partial charge in [-0.15, -0.1) is 0 Å². The third-order valence-corrected chi connectivity index (χ3v) is 7.78. The van der Waals surface area contributed by atoms with Crippen molar-refractivity contribution in [1.82, 2.24) is 20.4 Å². The molecule has 0 aromatic heterocycles. The Hall–Kier alpha value is -4.94. The fraction of sp³-hybridized carbons (Fsp3) is 0.500. The van der Waals surface area contributed by atoms with Crippen molar-refractivity contribution in [3.63, 3.8) is 0 Å². The normalized spacial score (nSPS) is 17.7. The van der Waals surface area contributed by atoms with Gasteiger partial charge in [-0.1, -0.05) is 12.1 Å². The minimum atomic E-state index is -0.703. The molecule has 2 heterocycles. The number of nitrogens with zero attached hydrogens (tertiary/aromatic N) is 2. The largest absolute Gasteiger partial charge is 0.457 e. The SMILES string of the molecule is CC(C)(C)OC(=O)N1CCC[C@H]1C(=O)NCC(=O)c1ccc(Oc2cccc(C(=O)CNC(=O)[C@@H]3CCCN3C(=O)OC(C)(C)C)c2)cc1. The van der Waals surface area contributed by atoms with Gasteiger partial charge in [0.15, 0.2) is 11.6 Å². The highest BCUT2D eigenvalue weighted by Gasteiger charge is 2.38. The molecule has 0 unspecified atom stereocenters. The Morgan fingerprint density at radius 3 is 1.59 bits per heavy atom. The monoisotopic (exact) mass is 678 g/mol. The van der Waals surface area contributed by atoms with Gasteiger partial charge in [-0.2, -0.15) is 0 Å². The molecular weight excluding hydrogens is 632 g/mol. The summed E-state index contributed by atoms with van der Waals surface area (Å²) in [6, 6.07) is 11.4. The van der Waals surface area contributed by atoms with E-state index in [1.807, 2.05) is 0 Å². The molecule has 49 heavy (non-hydrogen) atoms. The molecular formula is C36H46N4O9. The number of likely N-dealkylation sites (tertiary alicyclic amines) is 2. The highest BCUT2D eigenvalue weighted by molar-refractivity contribution is 6.01. The zero-order valence-electron chi connectivity index (χ0n) is 29.0. The van der Waals surface area contributed by atoms with E-state index in [4.69, 9.17) is 14.2 Å². The number of rotatable bonds is 10. The molecule has 2 aromatic carbocycles. The van der Waals surface area contributed by atoms with Crippen LogP contribution in [0.1, 0.15) is 87.9 Å². The summed E-state index contributed by atoms with van der Waals surface area (Å²) in [5.74, 6) is -0.687. The molecule has 2 aliphatic heterocycles. The van der Waals surface area contributed by atoms with Crippen LogP contribution in [0.5, 0.6) is 11.5 Å². The Kier molecular flexibility index (Phi) is 11.7. The van der Waals surface area contributed by atoms with E-state index in [0.717, 1.165) is 0 Å². The molecule has 2 atom stereocenters. The van der Waals surface area contributed by atoms with E-state index in [1.54, 1.807) is 90.1 Å². The third-order valence-electron chi connectivity index (χ3n) is 7.78. The van der Waals surface area contributed by atoms with E-state index < -0.39 is 47.3 Å². The molecule has 13 heteroatoms. The van der Waals surface area contributed by atoms with Crippen molar-refractivity contribution in [2.24, 2.45) is 0 Å². The van der Waals surface area contributed by atoms with Gasteiger partial charge in [-0.05, 0) is 104 Å². The Bertz CT molecular complexity index is 1560. The number of amides is 4. The van der Waals surface area contributed by atoms with Gasteiger partial charge in [0.2, 0.25) is 11.8 Å². The molecule has 0 bridgehead atoms. The van der Waals surface area contributed by atoms with E-state index in [0.29, 0.717) is 61.4 Å². The summed E-state index contributed by atoms with van der Waals surface area (Å²) in [4.78, 5) is 79.2. The molecule has 2 N–H and O–H groups in total. The van der Waals surface area contributed by atoms with Crippen LogP contribution in [0.3, 0.4) is 0 Å². The molecule has 13 nitrogen and oxygen atoms in total. The number of carbonyl (C=O) groups excluding carboxylic acids is 6. The number of hydrogen-bond donors (Lipinski definition) is 2. The Morgan fingerprint density at radius 1 is 0.653 bits per heavy atom. The second kappa shape index (κ2) is 15.5. The van der Waals surface area contributed by atoms with E-state index in [1.165, 1.54) is 9.80 Å². The van der Waals surface area contributed by atoms with Gasteiger partial charge in [0.1, 0.15) is 34.8 Å². The minimum Gasteiger partial charge on any atom is -0.457 e. The van der Waals surface area contributed by atoms with Gasteiger partial charge in [0.25, 0.3) is 0 Å². The van der Waals surface area contributed by atoms with Crippen LogP contribution in [0.25, 0.3) is 0 Å². The first-order valence-corrected chi connectivity index (χ1v) is 16.5. The summed E-state index contributed by atoms with van der Waals surface area (Å²) in [5, 5.41) is 5.28. The number of Topliss-reactive ketones (excluding diaryl/α,β-unsaturated/α-hetero) is 2. The fourth-order valence-electron chi connectivity index (χ4n) is 5.51. The standard InChI is InChI=1S/C36H46N4O9/c1-35(2,3)48-33(45)39-18-8-12-27(39)31(43)37-21-29(41)23-14-16-25(17-15-23)47-26-11-7-10-24(20-26)30(42)22-38-32(44)28-13-9-19-40(28)34(46)49-36(4,5)6/h7,10-11,14-17,20,27-28H,8-9,12-13,18-19,21-22H2,1-6H3,(H,37,43)(H,38,44)/t27-,28-/m0/s1. The minimum absolute atomic E-state index is 0.238. The quantitative estimate of drug-likeness (QED) is 0.334. The van der Waals surface area contributed by atoms with Crippen molar-refractivity contribution in [3.05, 3.63) is 59.7 Å². The summed E-state index contributed by atoms with van der Waals surface area (Å²) in [6.07, 6.45) is 1.18. The maximum atomic E-state index is 12.9. The number of nitrogens with one attached hydrogen (secondary N) is 2. The van der Waals surface area contributed by atoms with Crippen molar-refractivity contribution < 1.29 is 43.0 Å². The third kappa shape index (κ3) is 10.5. The number of carbonyl (C=O) groups is 6. The van der Waals surface area contributed by atoms with E-state index in [-0.39, 0.29) is 24.7 Å². The Balaban J connectivity index is 1.26. The highest BCUT2D eigenvalue weighted by atomic mass is 16.6. The van der Waals surface area contributed by atoms with Crippen LogP contribution < -0.4 is 15.4 Å². The van der Waals surface area contributed by atoms with E-state index >= 15 is 0 Å². The van der Waals surface area contributed by atoms with Crippen LogP contribution in [-0.2, 0) is 19.1 Å². The lowest BCUT2D eigenvalue weighted by Crippen LogP contribution is -2.48. The first kappa shape index (κ1) is 36.9. The topological polar surface area (TPSA) is 161 Å². The van der Waals surface area contributed by atoms with Crippen molar-refractivity contribution in [2.45, 2.75) is 90.5 Å². The molecule has 2 aliphatic rings. The van der Waals surface area contributed by atoms with Crippen molar-refractivity contribution in [1.29, 1.82) is 0 Å². The van der Waals surface area contributed by atoms with Gasteiger partial charge in [-0.3, -0.25) is 29.0 Å². The number of ether oxygens (including phenoxy) is 3. The average molecular weight is 679 g/mol. The van der Waals surface area contributed by atoms with Crippen molar-refractivity contribution >= 4 is 35.6 Å². The summed E-state index contributed by atoms with van der Waals surface area (Å²) < 4.78 is 16.7. The molecule has 264 valence electrons. The van der Waals surface area contributed by atoms with Crippen LogP contribution in [0.15, 0.2) is 48.5 Å². The molecule has 4 amide bonds. The van der Waals surface area contributed by atoms with Crippen LogP contribution in [-0.4, -0.2) is 94.8 Å². The molecule has 0 aliphatic carbocycles. The fourth-order valence-corrected chi connectivity index (χ4v) is 5.51. The molecule has 4 rings (SSSR count). The predicted octanol–water partition coefficient (Wildman–Crippen LogP) is 4.88. The predicted molar refractivity (Wildman–Crippen MR) is 180 cm³/mol. The second-order valence-electron chi connectivity index (χ2n) is 14.1.